The number of carbonyl (C=O) groups excluding carboxylic acids is 1. The summed E-state index contributed by atoms with van der Waals surface area (Å²) in [7, 11) is 0. The Hall–Kier alpha value is -5.27. The second-order valence-electron chi connectivity index (χ2n) is 13.3. The first kappa shape index (κ1) is 37.1. The van der Waals surface area contributed by atoms with Crippen molar-refractivity contribution in [2.45, 2.75) is 57.9 Å². The molecule has 274 valence electrons. The predicted molar refractivity (Wildman–Crippen MR) is 216 cm³/mol. The monoisotopic (exact) mass is 776 g/mol. The predicted octanol–water partition coefficient (Wildman–Crippen LogP) is 8.38. The molecule has 13 heteroatoms. The van der Waals surface area contributed by atoms with Gasteiger partial charge in [-0.1, -0.05) is 66.6 Å². The molecule has 3 aromatic heterocycles. The minimum atomic E-state index is -1.07. The number of aliphatic imine (C=N–C) groups is 1. The van der Waals surface area contributed by atoms with E-state index in [1.165, 1.54) is 25.0 Å². The van der Waals surface area contributed by atoms with Crippen LogP contribution in [0.3, 0.4) is 0 Å². The molecule has 1 fully saturated rings. The highest BCUT2D eigenvalue weighted by molar-refractivity contribution is 7.15. The second-order valence-corrected chi connectivity index (χ2v) is 15.7. The van der Waals surface area contributed by atoms with Gasteiger partial charge in [0.15, 0.2) is 5.82 Å². The third-order valence-corrected chi connectivity index (χ3v) is 12.0. The molecule has 0 saturated heterocycles. The van der Waals surface area contributed by atoms with E-state index in [0.29, 0.717) is 41.6 Å². The number of hydrogen-bond acceptors (Lipinski definition) is 8. The summed E-state index contributed by atoms with van der Waals surface area (Å²) in [6.07, 6.45) is 8.95. The van der Waals surface area contributed by atoms with Gasteiger partial charge in [-0.05, 0) is 85.7 Å². The van der Waals surface area contributed by atoms with Crippen molar-refractivity contribution in [2.75, 3.05) is 5.32 Å². The van der Waals surface area contributed by atoms with Gasteiger partial charge in [0.2, 0.25) is 5.91 Å². The number of nitrogens with zero attached hydrogens (tertiary/aromatic N) is 5. The van der Waals surface area contributed by atoms with Crippen molar-refractivity contribution in [3.8, 4) is 5.00 Å². The zero-order valence-electron chi connectivity index (χ0n) is 29.4. The number of halogens is 1. The Morgan fingerprint density at radius 1 is 1.00 bits per heavy atom. The van der Waals surface area contributed by atoms with Gasteiger partial charge >= 0.3 is 5.97 Å². The molecular weight excluding hydrogens is 740 g/mol. The van der Waals surface area contributed by atoms with Crippen LogP contribution in [0.15, 0.2) is 83.2 Å². The Morgan fingerprint density at radius 3 is 2.65 bits per heavy atom. The van der Waals surface area contributed by atoms with E-state index in [4.69, 9.17) is 21.6 Å². The first-order chi connectivity index (χ1) is 25.8. The van der Waals surface area contributed by atoms with Gasteiger partial charge in [0.25, 0.3) is 0 Å². The SMILES string of the molecule is Cc1nnc2n1-c1sc(CCc3ccc(CC(=O)Nc4cccc(/C=C/c5nc(C6CCC6)cs5)c4)c(C(=O)O)c3)cc1C(c1ccccc1Cl)=NC2.O. The molecule has 6 aromatic rings. The molecule has 0 bridgehead atoms. The summed E-state index contributed by atoms with van der Waals surface area (Å²) in [4.78, 5) is 36.3. The van der Waals surface area contributed by atoms with Crippen molar-refractivity contribution >= 4 is 69.7 Å². The highest BCUT2D eigenvalue weighted by atomic mass is 35.5. The van der Waals surface area contributed by atoms with Crippen LogP contribution in [-0.4, -0.2) is 47.9 Å². The lowest BCUT2D eigenvalue weighted by Gasteiger charge is -2.22. The lowest BCUT2D eigenvalue weighted by Crippen LogP contribution is -2.16. The summed E-state index contributed by atoms with van der Waals surface area (Å²) in [6, 6.07) is 22.8. The maximum Gasteiger partial charge on any atom is 0.335 e. The standard InChI is InChI=1S/C41H35ClN6O3S2.H2O/c1-24-46-47-36-22-43-39(31-10-2-3-11-34(31)42)33-21-30(53-40(33)48(24)36)16-13-26-12-15-28(32(19-26)41(50)51)20-37(49)44-29-9-4-6-25(18-29)14-17-38-45-35(23-52-38)27-7-5-8-27;/h2-4,6,9-12,14-15,17-19,21,23,27H,5,7-8,13,16,20,22H2,1H3,(H,44,49)(H,50,51);1H2/b17-14+;. The third-order valence-electron chi connectivity index (χ3n) is 9.69. The van der Waals surface area contributed by atoms with Gasteiger partial charge in [-0.2, -0.15) is 0 Å². The number of benzene rings is 3. The number of aromatic carboxylic acids is 1. The fourth-order valence-electron chi connectivity index (χ4n) is 6.72. The lowest BCUT2D eigenvalue weighted by molar-refractivity contribution is -0.115. The maximum atomic E-state index is 13.1. The van der Waals surface area contributed by atoms with Crippen molar-refractivity contribution in [2.24, 2.45) is 4.99 Å². The molecule has 1 amide bonds. The molecule has 54 heavy (non-hydrogen) atoms. The number of amides is 1. The molecule has 4 heterocycles. The van der Waals surface area contributed by atoms with E-state index < -0.39 is 5.97 Å². The van der Waals surface area contributed by atoms with Crippen LogP contribution in [-0.2, 0) is 30.6 Å². The summed E-state index contributed by atoms with van der Waals surface area (Å²) >= 11 is 9.92. The van der Waals surface area contributed by atoms with Crippen molar-refractivity contribution in [3.05, 3.63) is 144 Å². The summed E-state index contributed by atoms with van der Waals surface area (Å²) in [5, 5.41) is 26.5. The van der Waals surface area contributed by atoms with E-state index in [-0.39, 0.29) is 23.4 Å². The first-order valence-electron chi connectivity index (χ1n) is 17.5. The van der Waals surface area contributed by atoms with Gasteiger partial charge in [0.1, 0.15) is 22.4 Å². The number of nitrogens with one attached hydrogen (secondary N) is 1. The van der Waals surface area contributed by atoms with Crippen LogP contribution in [0.25, 0.3) is 17.2 Å². The van der Waals surface area contributed by atoms with Crippen LogP contribution in [0.1, 0.15) is 90.6 Å². The van der Waals surface area contributed by atoms with E-state index >= 15 is 0 Å². The van der Waals surface area contributed by atoms with Gasteiger partial charge < -0.3 is 15.9 Å². The molecule has 2 aliphatic rings. The lowest BCUT2D eigenvalue weighted by atomic mass is 9.83. The van der Waals surface area contributed by atoms with Gasteiger partial charge in [0.05, 0.1) is 23.4 Å². The number of fused-ring (bicyclic) bond motifs is 3. The normalized spacial score (nSPS) is 13.7. The van der Waals surface area contributed by atoms with Crippen LogP contribution in [0.2, 0.25) is 5.02 Å². The van der Waals surface area contributed by atoms with E-state index in [2.05, 4.69) is 31.5 Å². The van der Waals surface area contributed by atoms with Gasteiger partial charge in [-0.3, -0.25) is 14.4 Å². The van der Waals surface area contributed by atoms with Crippen LogP contribution < -0.4 is 5.32 Å². The number of thiophene rings is 1. The molecule has 8 rings (SSSR count). The summed E-state index contributed by atoms with van der Waals surface area (Å²) in [5.41, 5.74) is 6.85. The van der Waals surface area contributed by atoms with Gasteiger partial charge in [-0.25, -0.2) is 9.78 Å². The molecule has 4 N–H and O–H groups in total. The van der Waals surface area contributed by atoms with E-state index in [1.54, 1.807) is 34.8 Å². The van der Waals surface area contributed by atoms with E-state index in [0.717, 1.165) is 54.5 Å². The number of carboxylic acid groups (broad SMARTS) is 1. The van der Waals surface area contributed by atoms with Crippen LogP contribution in [0.5, 0.6) is 0 Å². The number of aryl methyl sites for hydroxylation is 3. The Labute approximate surface area is 325 Å². The zero-order chi connectivity index (χ0) is 36.5. The fraction of sp³-hybridized carbons (Fsp3) is 0.220. The molecule has 1 aliphatic carbocycles. The summed E-state index contributed by atoms with van der Waals surface area (Å²) < 4.78 is 2.06. The average Bonchev–Trinajstić information content (AvgIpc) is 3.83. The van der Waals surface area contributed by atoms with Gasteiger partial charge in [-0.15, -0.1) is 32.9 Å². The Bertz CT molecular complexity index is 2430. The Balaban J connectivity index is 0.00000450. The van der Waals surface area contributed by atoms with E-state index in [9.17, 15) is 14.7 Å². The van der Waals surface area contributed by atoms with Crippen molar-refractivity contribution in [1.29, 1.82) is 0 Å². The molecule has 1 aliphatic heterocycles. The Kier molecular flexibility index (Phi) is 11.0. The summed E-state index contributed by atoms with van der Waals surface area (Å²) in [6.45, 7) is 2.32. The quantitative estimate of drug-likeness (QED) is 0.135. The Morgan fingerprint density at radius 2 is 1.85 bits per heavy atom. The van der Waals surface area contributed by atoms with E-state index in [1.807, 2.05) is 73.7 Å². The molecule has 0 atom stereocenters. The topological polar surface area (TPSA) is 154 Å². The van der Waals surface area contributed by atoms with Crippen molar-refractivity contribution in [1.82, 2.24) is 19.7 Å². The largest absolute Gasteiger partial charge is 0.478 e. The first-order valence-corrected chi connectivity index (χ1v) is 19.6. The number of anilines is 1. The number of aromatic nitrogens is 4. The van der Waals surface area contributed by atoms with Crippen LogP contribution in [0.4, 0.5) is 5.69 Å². The number of carboxylic acids is 1. The number of thiazole rings is 1. The smallest absolute Gasteiger partial charge is 0.335 e. The molecule has 10 nitrogen and oxygen atoms in total. The molecule has 0 radical (unpaired) electrons. The van der Waals surface area contributed by atoms with Gasteiger partial charge in [0, 0.05) is 38.0 Å². The minimum absolute atomic E-state index is 0. The molecule has 3 aromatic carbocycles. The van der Waals surface area contributed by atoms with Crippen LogP contribution >= 0.6 is 34.3 Å². The molecule has 0 unspecified atom stereocenters. The molecule has 0 spiro atoms. The number of carbonyl (C=O) groups is 2. The second kappa shape index (κ2) is 16.0. The number of rotatable bonds is 11. The highest BCUT2D eigenvalue weighted by Crippen LogP contribution is 2.37. The fourth-order valence-corrected chi connectivity index (χ4v) is 8.96. The minimum Gasteiger partial charge on any atom is -0.478 e. The average molecular weight is 777 g/mol. The maximum absolute atomic E-state index is 13.1. The third kappa shape index (κ3) is 7.83. The van der Waals surface area contributed by atoms with Crippen LogP contribution in [0, 0.1) is 6.92 Å². The van der Waals surface area contributed by atoms with Crippen molar-refractivity contribution in [3.63, 3.8) is 0 Å². The zero-order valence-corrected chi connectivity index (χ0v) is 31.8. The number of hydrogen-bond donors (Lipinski definition) is 2. The highest BCUT2D eigenvalue weighted by Gasteiger charge is 2.26. The van der Waals surface area contributed by atoms with Crippen molar-refractivity contribution < 1.29 is 20.2 Å². The molecular formula is C41H37ClN6O4S2. The summed E-state index contributed by atoms with van der Waals surface area (Å²) in [5.74, 6) is 0.796. The molecule has 1 saturated carbocycles.